The lowest BCUT2D eigenvalue weighted by Gasteiger charge is -2.27. The average molecular weight is 259 g/mol. The molecule has 0 radical (unpaired) electrons. The summed E-state index contributed by atoms with van der Waals surface area (Å²) in [6, 6.07) is 1.40. The normalized spacial score (nSPS) is 14.9. The van der Waals surface area contributed by atoms with E-state index in [9.17, 15) is 8.42 Å². The van der Waals surface area contributed by atoms with E-state index in [1.54, 1.807) is 6.07 Å². The Hall–Kier alpha value is -0.850. The van der Waals surface area contributed by atoms with E-state index < -0.39 is 10.0 Å². The van der Waals surface area contributed by atoms with Crippen LogP contribution in [0.2, 0.25) is 0 Å². The number of hydrogen-bond donors (Lipinski definition) is 3. The van der Waals surface area contributed by atoms with Crippen LogP contribution in [0.3, 0.4) is 0 Å². The van der Waals surface area contributed by atoms with Gasteiger partial charge in [-0.25, -0.2) is 13.1 Å². The van der Waals surface area contributed by atoms with Crippen LogP contribution >= 0.6 is 0 Å². The van der Waals surface area contributed by atoms with Gasteiger partial charge in [-0.3, -0.25) is 0 Å². The van der Waals surface area contributed by atoms with Crippen molar-refractivity contribution in [2.24, 2.45) is 11.1 Å². The molecule has 0 fully saturated rings. The molecule has 0 saturated heterocycles. The zero-order chi connectivity index (χ0) is 13.3. The maximum absolute atomic E-state index is 12.0. The summed E-state index contributed by atoms with van der Waals surface area (Å²) in [4.78, 5) is 3.06. The molecule has 1 atom stereocenters. The van der Waals surface area contributed by atoms with E-state index in [2.05, 4.69) is 9.71 Å². The first kappa shape index (κ1) is 14.2. The van der Waals surface area contributed by atoms with Crippen molar-refractivity contribution in [1.29, 1.82) is 0 Å². The Kier molecular flexibility index (Phi) is 4.01. The Bertz CT molecular complexity index is 471. The Morgan fingerprint density at radius 3 is 2.47 bits per heavy atom. The number of H-pyrrole nitrogens is 1. The standard InChI is InChI=1S/C11H21N3O2S/c1-8(11(2,3)4)14-17(15,16)10-5-9(6-12)13-7-10/h5,7-8,13-14H,6,12H2,1-4H3. The van der Waals surface area contributed by atoms with Gasteiger partial charge in [0.25, 0.3) is 0 Å². The predicted octanol–water partition coefficient (Wildman–Crippen LogP) is 1.19. The first-order valence-corrected chi connectivity index (χ1v) is 7.05. The van der Waals surface area contributed by atoms with E-state index in [0.29, 0.717) is 12.2 Å². The molecule has 4 N–H and O–H groups in total. The highest BCUT2D eigenvalue weighted by molar-refractivity contribution is 7.89. The van der Waals surface area contributed by atoms with Crippen molar-refractivity contribution in [2.45, 2.75) is 45.2 Å². The summed E-state index contributed by atoms with van der Waals surface area (Å²) >= 11 is 0. The molecule has 1 aromatic heterocycles. The van der Waals surface area contributed by atoms with Crippen LogP contribution in [0.1, 0.15) is 33.4 Å². The van der Waals surface area contributed by atoms with Crippen molar-refractivity contribution in [3.05, 3.63) is 18.0 Å². The molecule has 1 aromatic rings. The van der Waals surface area contributed by atoms with Crippen LogP contribution in [0, 0.1) is 5.41 Å². The maximum Gasteiger partial charge on any atom is 0.242 e. The molecule has 98 valence electrons. The van der Waals surface area contributed by atoms with Gasteiger partial charge in [0.1, 0.15) is 0 Å². The maximum atomic E-state index is 12.0. The summed E-state index contributed by atoms with van der Waals surface area (Å²) < 4.78 is 26.8. The molecule has 0 aromatic carbocycles. The van der Waals surface area contributed by atoms with Crippen molar-refractivity contribution >= 4 is 10.0 Å². The van der Waals surface area contributed by atoms with Gasteiger partial charge in [-0.1, -0.05) is 20.8 Å². The fourth-order valence-electron chi connectivity index (χ4n) is 1.17. The third-order valence-corrected chi connectivity index (χ3v) is 4.40. The zero-order valence-corrected chi connectivity index (χ0v) is 11.6. The van der Waals surface area contributed by atoms with Gasteiger partial charge < -0.3 is 10.7 Å². The van der Waals surface area contributed by atoms with E-state index in [0.717, 1.165) is 0 Å². The predicted molar refractivity (Wildman–Crippen MR) is 67.9 cm³/mol. The van der Waals surface area contributed by atoms with Crippen molar-refractivity contribution < 1.29 is 8.42 Å². The number of sulfonamides is 1. The lowest BCUT2D eigenvalue weighted by molar-refractivity contribution is 0.317. The molecule has 5 nitrogen and oxygen atoms in total. The van der Waals surface area contributed by atoms with Gasteiger partial charge >= 0.3 is 0 Å². The van der Waals surface area contributed by atoms with Crippen molar-refractivity contribution in [2.75, 3.05) is 0 Å². The van der Waals surface area contributed by atoms with E-state index in [1.165, 1.54) is 6.20 Å². The monoisotopic (exact) mass is 259 g/mol. The van der Waals surface area contributed by atoms with Crippen molar-refractivity contribution in [3.63, 3.8) is 0 Å². The molecule has 0 spiro atoms. The van der Waals surface area contributed by atoms with Crippen LogP contribution in [-0.4, -0.2) is 19.4 Å². The molecule has 0 aliphatic heterocycles. The molecule has 17 heavy (non-hydrogen) atoms. The number of aromatic amines is 1. The largest absolute Gasteiger partial charge is 0.363 e. The van der Waals surface area contributed by atoms with Gasteiger partial charge in [-0.05, 0) is 18.4 Å². The SMILES string of the molecule is CC(NS(=O)(=O)c1c[nH]c(CN)c1)C(C)(C)C. The lowest BCUT2D eigenvalue weighted by Crippen LogP contribution is -2.41. The molecule has 1 unspecified atom stereocenters. The third kappa shape index (κ3) is 3.55. The number of nitrogens with one attached hydrogen (secondary N) is 2. The molecule has 0 bridgehead atoms. The van der Waals surface area contributed by atoms with Crippen LogP contribution in [0.25, 0.3) is 0 Å². The minimum atomic E-state index is -3.47. The second-order valence-corrected chi connectivity index (χ2v) is 6.99. The van der Waals surface area contributed by atoms with Crippen LogP contribution in [-0.2, 0) is 16.6 Å². The minimum absolute atomic E-state index is 0.125. The first-order valence-electron chi connectivity index (χ1n) is 5.56. The van der Waals surface area contributed by atoms with Crippen LogP contribution in [0.5, 0.6) is 0 Å². The summed E-state index contributed by atoms with van der Waals surface area (Å²) in [6.45, 7) is 8.12. The Balaban J connectivity index is 2.89. The van der Waals surface area contributed by atoms with Crippen LogP contribution in [0.4, 0.5) is 0 Å². The first-order chi connectivity index (χ1) is 7.66. The average Bonchev–Trinajstić information content (AvgIpc) is 2.64. The molecule has 0 aliphatic carbocycles. The van der Waals surface area contributed by atoms with Crippen LogP contribution in [0.15, 0.2) is 17.2 Å². The van der Waals surface area contributed by atoms with Gasteiger partial charge in [0.2, 0.25) is 10.0 Å². The molecule has 1 heterocycles. The van der Waals surface area contributed by atoms with E-state index in [4.69, 9.17) is 5.73 Å². The lowest BCUT2D eigenvalue weighted by atomic mass is 9.89. The smallest absolute Gasteiger partial charge is 0.242 e. The second-order valence-electron chi connectivity index (χ2n) is 5.27. The third-order valence-electron chi connectivity index (χ3n) is 2.88. The van der Waals surface area contributed by atoms with Crippen molar-refractivity contribution in [1.82, 2.24) is 9.71 Å². The van der Waals surface area contributed by atoms with Gasteiger partial charge in [0, 0.05) is 24.5 Å². The molecule has 6 heteroatoms. The second kappa shape index (κ2) is 4.80. The van der Waals surface area contributed by atoms with Crippen LogP contribution < -0.4 is 10.5 Å². The van der Waals surface area contributed by atoms with E-state index in [-0.39, 0.29) is 16.4 Å². The fraction of sp³-hybridized carbons (Fsp3) is 0.636. The highest BCUT2D eigenvalue weighted by Crippen LogP contribution is 2.21. The van der Waals surface area contributed by atoms with E-state index >= 15 is 0 Å². The number of aromatic nitrogens is 1. The molecule has 0 saturated carbocycles. The summed E-state index contributed by atoms with van der Waals surface area (Å²) in [5.74, 6) is 0. The topological polar surface area (TPSA) is 88.0 Å². The summed E-state index contributed by atoms with van der Waals surface area (Å²) in [7, 11) is -3.47. The van der Waals surface area contributed by atoms with E-state index in [1.807, 2.05) is 27.7 Å². The molecule has 0 amide bonds. The molecule has 0 aliphatic rings. The fourth-order valence-corrected chi connectivity index (χ4v) is 2.64. The summed E-state index contributed by atoms with van der Waals surface area (Å²) in [5, 5.41) is 0. The Morgan fingerprint density at radius 2 is 2.06 bits per heavy atom. The van der Waals surface area contributed by atoms with Gasteiger partial charge in [0.15, 0.2) is 0 Å². The van der Waals surface area contributed by atoms with Gasteiger partial charge in [-0.2, -0.15) is 0 Å². The van der Waals surface area contributed by atoms with Gasteiger partial charge in [0.05, 0.1) is 4.90 Å². The highest BCUT2D eigenvalue weighted by Gasteiger charge is 2.26. The zero-order valence-electron chi connectivity index (χ0n) is 10.7. The van der Waals surface area contributed by atoms with Gasteiger partial charge in [-0.15, -0.1) is 0 Å². The highest BCUT2D eigenvalue weighted by atomic mass is 32.2. The molecule has 1 rings (SSSR count). The molecular formula is C11H21N3O2S. The number of hydrogen-bond acceptors (Lipinski definition) is 3. The molecular weight excluding hydrogens is 238 g/mol. The van der Waals surface area contributed by atoms with Crippen molar-refractivity contribution in [3.8, 4) is 0 Å². The summed E-state index contributed by atoms with van der Waals surface area (Å²) in [6.07, 6.45) is 1.46. The summed E-state index contributed by atoms with van der Waals surface area (Å²) in [5.41, 5.74) is 6.01. The minimum Gasteiger partial charge on any atom is -0.363 e. The number of nitrogens with two attached hydrogens (primary N) is 1. The Morgan fingerprint density at radius 1 is 1.47 bits per heavy atom. The Labute approximate surface area is 103 Å². The quantitative estimate of drug-likeness (QED) is 0.759. The number of rotatable bonds is 4.